The summed E-state index contributed by atoms with van der Waals surface area (Å²) in [6, 6.07) is 6.46. The van der Waals surface area contributed by atoms with Gasteiger partial charge in [-0.05, 0) is 60.8 Å². The molecule has 0 heterocycles. The molecule has 0 amide bonds. The van der Waals surface area contributed by atoms with Crippen molar-refractivity contribution in [3.8, 4) is 0 Å². The van der Waals surface area contributed by atoms with Crippen LogP contribution < -0.4 is 5.73 Å². The molecule has 0 bridgehead atoms. The first-order chi connectivity index (χ1) is 8.73. The number of nitrogens with two attached hydrogens (primary N) is 1. The van der Waals surface area contributed by atoms with Crippen LogP contribution in [0.2, 0.25) is 0 Å². The standard InChI is InChI=1S/C16H25NO/c1-2-6-16(7-3-8-17)10-14-5-4-13(12-18)9-15(14)11-16/h4-5,9,18H,2-3,6-8,10-12,17H2,1H3/t16-/m1/s1. The van der Waals surface area contributed by atoms with E-state index in [1.807, 2.05) is 0 Å². The number of rotatable bonds is 6. The van der Waals surface area contributed by atoms with Gasteiger partial charge in [-0.3, -0.25) is 0 Å². The van der Waals surface area contributed by atoms with Gasteiger partial charge in [-0.1, -0.05) is 31.5 Å². The molecule has 0 saturated carbocycles. The summed E-state index contributed by atoms with van der Waals surface area (Å²) in [6.07, 6.45) is 7.26. The molecule has 1 atom stereocenters. The van der Waals surface area contributed by atoms with Crippen LogP contribution in [-0.2, 0) is 19.4 Å². The van der Waals surface area contributed by atoms with Crippen LogP contribution in [0, 0.1) is 5.41 Å². The Hall–Kier alpha value is -0.860. The fraction of sp³-hybridized carbons (Fsp3) is 0.625. The van der Waals surface area contributed by atoms with Gasteiger partial charge in [0.05, 0.1) is 6.61 Å². The van der Waals surface area contributed by atoms with Crippen molar-refractivity contribution < 1.29 is 5.11 Å². The summed E-state index contributed by atoms with van der Waals surface area (Å²) in [5, 5.41) is 9.23. The predicted octanol–water partition coefficient (Wildman–Crippen LogP) is 2.80. The van der Waals surface area contributed by atoms with Crippen LogP contribution >= 0.6 is 0 Å². The van der Waals surface area contributed by atoms with Gasteiger partial charge in [-0.2, -0.15) is 0 Å². The van der Waals surface area contributed by atoms with E-state index in [1.54, 1.807) is 0 Å². The fourth-order valence-corrected chi connectivity index (χ4v) is 3.47. The van der Waals surface area contributed by atoms with E-state index < -0.39 is 0 Å². The zero-order valence-electron chi connectivity index (χ0n) is 11.4. The zero-order valence-corrected chi connectivity index (χ0v) is 11.4. The number of hydrogen-bond donors (Lipinski definition) is 2. The van der Waals surface area contributed by atoms with Crippen molar-refractivity contribution in [1.29, 1.82) is 0 Å². The molecular weight excluding hydrogens is 222 g/mol. The van der Waals surface area contributed by atoms with Crippen molar-refractivity contribution in [1.82, 2.24) is 0 Å². The van der Waals surface area contributed by atoms with Gasteiger partial charge in [-0.25, -0.2) is 0 Å². The molecule has 3 N–H and O–H groups in total. The molecule has 0 aromatic heterocycles. The minimum absolute atomic E-state index is 0.150. The highest BCUT2D eigenvalue weighted by molar-refractivity contribution is 5.37. The normalized spacial score (nSPS) is 22.2. The van der Waals surface area contributed by atoms with Crippen LogP contribution in [0.15, 0.2) is 18.2 Å². The van der Waals surface area contributed by atoms with E-state index in [4.69, 9.17) is 5.73 Å². The molecule has 100 valence electrons. The minimum atomic E-state index is 0.150. The van der Waals surface area contributed by atoms with Crippen LogP contribution in [0.1, 0.15) is 49.3 Å². The lowest BCUT2D eigenvalue weighted by atomic mass is 9.76. The van der Waals surface area contributed by atoms with E-state index >= 15 is 0 Å². The van der Waals surface area contributed by atoms with E-state index in [0.717, 1.165) is 18.5 Å². The third-order valence-corrected chi connectivity index (χ3v) is 4.28. The van der Waals surface area contributed by atoms with Gasteiger partial charge in [-0.15, -0.1) is 0 Å². The summed E-state index contributed by atoms with van der Waals surface area (Å²) in [5.74, 6) is 0. The van der Waals surface area contributed by atoms with Gasteiger partial charge in [0.25, 0.3) is 0 Å². The SMILES string of the molecule is CCC[C@@]1(CCCN)Cc2ccc(CO)cc2C1. The first kappa shape index (κ1) is 13.6. The quantitative estimate of drug-likeness (QED) is 0.812. The van der Waals surface area contributed by atoms with Gasteiger partial charge in [0.15, 0.2) is 0 Å². The number of aliphatic hydroxyl groups excluding tert-OH is 1. The maximum Gasteiger partial charge on any atom is 0.0681 e. The molecule has 1 aromatic carbocycles. The monoisotopic (exact) mass is 247 g/mol. The fourth-order valence-electron chi connectivity index (χ4n) is 3.47. The van der Waals surface area contributed by atoms with Crippen LogP contribution in [0.4, 0.5) is 0 Å². The van der Waals surface area contributed by atoms with E-state index in [9.17, 15) is 5.11 Å². The van der Waals surface area contributed by atoms with Gasteiger partial charge in [0.2, 0.25) is 0 Å². The lowest BCUT2D eigenvalue weighted by Crippen LogP contribution is -2.22. The van der Waals surface area contributed by atoms with E-state index in [2.05, 4.69) is 25.1 Å². The maximum atomic E-state index is 9.23. The number of benzene rings is 1. The van der Waals surface area contributed by atoms with Crippen molar-refractivity contribution in [3.63, 3.8) is 0 Å². The lowest BCUT2D eigenvalue weighted by molar-refractivity contribution is 0.247. The molecule has 1 aliphatic rings. The van der Waals surface area contributed by atoms with E-state index in [0.29, 0.717) is 5.41 Å². The van der Waals surface area contributed by atoms with Crippen molar-refractivity contribution in [3.05, 3.63) is 34.9 Å². The maximum absolute atomic E-state index is 9.23. The second-order valence-corrected chi connectivity index (χ2v) is 5.76. The Morgan fingerprint density at radius 2 is 2.00 bits per heavy atom. The first-order valence-corrected chi connectivity index (χ1v) is 7.14. The van der Waals surface area contributed by atoms with Crippen LogP contribution in [0.3, 0.4) is 0 Å². The molecular formula is C16H25NO. The highest BCUT2D eigenvalue weighted by atomic mass is 16.3. The Morgan fingerprint density at radius 3 is 2.67 bits per heavy atom. The summed E-state index contributed by atoms with van der Waals surface area (Å²) in [6.45, 7) is 3.22. The molecule has 1 aliphatic carbocycles. The topological polar surface area (TPSA) is 46.2 Å². The number of aliphatic hydroxyl groups is 1. The summed E-state index contributed by atoms with van der Waals surface area (Å²) >= 11 is 0. The lowest BCUT2D eigenvalue weighted by Gasteiger charge is -2.28. The Bertz CT molecular complexity index is 402. The molecule has 0 radical (unpaired) electrons. The van der Waals surface area contributed by atoms with Crippen LogP contribution in [-0.4, -0.2) is 11.7 Å². The summed E-state index contributed by atoms with van der Waals surface area (Å²) < 4.78 is 0. The second-order valence-electron chi connectivity index (χ2n) is 5.76. The third kappa shape index (κ3) is 2.76. The Labute approximate surface area is 110 Å². The summed E-state index contributed by atoms with van der Waals surface area (Å²) in [7, 11) is 0. The number of hydrogen-bond acceptors (Lipinski definition) is 2. The summed E-state index contributed by atoms with van der Waals surface area (Å²) in [5.41, 5.74) is 10.1. The molecule has 0 fully saturated rings. The molecule has 18 heavy (non-hydrogen) atoms. The van der Waals surface area contributed by atoms with Gasteiger partial charge < -0.3 is 10.8 Å². The van der Waals surface area contributed by atoms with Crippen molar-refractivity contribution in [2.24, 2.45) is 11.1 Å². The molecule has 0 aliphatic heterocycles. The molecule has 1 aromatic rings. The molecule has 2 heteroatoms. The molecule has 2 nitrogen and oxygen atoms in total. The third-order valence-electron chi connectivity index (χ3n) is 4.28. The zero-order chi connectivity index (χ0) is 13.0. The summed E-state index contributed by atoms with van der Waals surface area (Å²) in [4.78, 5) is 0. The predicted molar refractivity (Wildman–Crippen MR) is 75.4 cm³/mol. The average molecular weight is 247 g/mol. The molecule has 0 saturated heterocycles. The highest BCUT2D eigenvalue weighted by Gasteiger charge is 2.35. The van der Waals surface area contributed by atoms with Gasteiger partial charge >= 0.3 is 0 Å². The minimum Gasteiger partial charge on any atom is -0.392 e. The first-order valence-electron chi connectivity index (χ1n) is 7.14. The van der Waals surface area contributed by atoms with E-state index in [1.165, 1.54) is 43.2 Å². The van der Waals surface area contributed by atoms with E-state index in [-0.39, 0.29) is 6.61 Å². The largest absolute Gasteiger partial charge is 0.392 e. The smallest absolute Gasteiger partial charge is 0.0681 e. The molecule has 2 rings (SSSR count). The molecule has 0 unspecified atom stereocenters. The number of fused-ring (bicyclic) bond motifs is 1. The Kier molecular flexibility index (Phi) is 4.41. The van der Waals surface area contributed by atoms with Crippen LogP contribution in [0.25, 0.3) is 0 Å². The highest BCUT2D eigenvalue weighted by Crippen LogP contribution is 2.44. The van der Waals surface area contributed by atoms with Gasteiger partial charge in [0, 0.05) is 0 Å². The Morgan fingerprint density at radius 1 is 1.22 bits per heavy atom. The molecule has 0 spiro atoms. The Balaban J connectivity index is 2.17. The second kappa shape index (κ2) is 5.85. The van der Waals surface area contributed by atoms with Crippen LogP contribution in [0.5, 0.6) is 0 Å². The van der Waals surface area contributed by atoms with Crippen molar-refractivity contribution in [2.75, 3.05) is 6.54 Å². The average Bonchev–Trinajstić information content (AvgIpc) is 2.74. The van der Waals surface area contributed by atoms with Crippen molar-refractivity contribution >= 4 is 0 Å². The van der Waals surface area contributed by atoms with Crippen molar-refractivity contribution in [2.45, 2.75) is 52.1 Å². The van der Waals surface area contributed by atoms with Gasteiger partial charge in [0.1, 0.15) is 0 Å².